The summed E-state index contributed by atoms with van der Waals surface area (Å²) in [5.74, 6) is -0.271. The zero-order valence-corrected chi connectivity index (χ0v) is 33.2. The van der Waals surface area contributed by atoms with Gasteiger partial charge < -0.3 is 30.2 Å². The van der Waals surface area contributed by atoms with Crippen LogP contribution < -0.4 is 25.4 Å². The molecule has 0 bridgehead atoms. The third-order valence-electron chi connectivity index (χ3n) is 9.18. The molecule has 0 fully saturated rings. The number of fused-ring (bicyclic) bond motifs is 1. The van der Waals surface area contributed by atoms with Crippen LogP contribution in [0.25, 0.3) is 6.08 Å². The van der Waals surface area contributed by atoms with Gasteiger partial charge in [0.25, 0.3) is 11.8 Å². The van der Waals surface area contributed by atoms with Gasteiger partial charge in [-0.2, -0.15) is 0 Å². The van der Waals surface area contributed by atoms with E-state index in [9.17, 15) is 19.2 Å². The van der Waals surface area contributed by atoms with Gasteiger partial charge in [-0.15, -0.1) is 23.1 Å². The number of esters is 1. The lowest BCUT2D eigenvalue weighted by Crippen LogP contribution is -2.30. The van der Waals surface area contributed by atoms with E-state index in [4.69, 9.17) is 14.2 Å². The first kappa shape index (κ1) is 39.8. The molecule has 1 aromatic heterocycles. The summed E-state index contributed by atoms with van der Waals surface area (Å²) < 4.78 is 16.3. The first-order valence-electron chi connectivity index (χ1n) is 18.2. The summed E-state index contributed by atoms with van der Waals surface area (Å²) in [6.45, 7) is 4.19. The summed E-state index contributed by atoms with van der Waals surface area (Å²) in [5.41, 5.74) is 3.52. The molecule has 10 nitrogen and oxygen atoms in total. The third kappa shape index (κ3) is 9.68. The minimum atomic E-state index is -0.710. The number of amides is 3. The summed E-state index contributed by atoms with van der Waals surface area (Å²) in [5, 5.41) is 8.56. The fourth-order valence-corrected chi connectivity index (χ4v) is 8.84. The molecule has 12 heteroatoms. The molecule has 288 valence electrons. The number of hydrogen-bond acceptors (Lipinski definition) is 9. The number of thiophene rings is 1. The average molecular weight is 790 g/mol. The molecule has 0 saturated heterocycles. The van der Waals surface area contributed by atoms with E-state index >= 15 is 0 Å². The van der Waals surface area contributed by atoms with Gasteiger partial charge in [0.1, 0.15) is 27.4 Å². The van der Waals surface area contributed by atoms with Gasteiger partial charge in [0.15, 0.2) is 0 Å². The van der Waals surface area contributed by atoms with Crippen LogP contribution in [0.15, 0.2) is 114 Å². The van der Waals surface area contributed by atoms with Gasteiger partial charge in [0, 0.05) is 32.7 Å². The van der Waals surface area contributed by atoms with Crippen LogP contribution >= 0.6 is 23.1 Å². The van der Waals surface area contributed by atoms with Crippen molar-refractivity contribution in [2.75, 3.05) is 31.5 Å². The molecule has 4 aromatic carbocycles. The van der Waals surface area contributed by atoms with Crippen LogP contribution in [0.3, 0.4) is 0 Å². The second kappa shape index (κ2) is 18.7. The van der Waals surface area contributed by atoms with Crippen molar-refractivity contribution in [2.45, 2.75) is 43.3 Å². The number of rotatable bonds is 14. The van der Waals surface area contributed by atoms with E-state index in [1.165, 1.54) is 36.3 Å². The maximum Gasteiger partial charge on any atom is 0.341 e. The first-order valence-corrected chi connectivity index (χ1v) is 19.9. The molecule has 0 radical (unpaired) electrons. The first-order chi connectivity index (χ1) is 27.2. The zero-order valence-electron chi connectivity index (χ0n) is 31.5. The molecule has 5 aromatic rings. The highest BCUT2D eigenvalue weighted by Gasteiger charge is 2.31. The molecule has 0 saturated carbocycles. The van der Waals surface area contributed by atoms with E-state index in [2.05, 4.69) is 22.9 Å². The highest BCUT2D eigenvalue weighted by atomic mass is 32.2. The zero-order chi connectivity index (χ0) is 39.6. The van der Waals surface area contributed by atoms with Crippen molar-refractivity contribution in [1.29, 1.82) is 0 Å². The number of carbonyl (C=O) groups is 4. The minimum Gasteiger partial charge on any atom is -0.497 e. The van der Waals surface area contributed by atoms with E-state index in [0.29, 0.717) is 49.7 Å². The maximum absolute atomic E-state index is 14.3. The Balaban J connectivity index is 1.27. The average Bonchev–Trinajstić information content (AvgIpc) is 3.57. The van der Waals surface area contributed by atoms with Crippen molar-refractivity contribution in [1.82, 2.24) is 5.32 Å². The number of nitrogens with one attached hydrogen (secondary N) is 3. The Bertz CT molecular complexity index is 2240. The molecule has 3 N–H and O–H groups in total. The monoisotopic (exact) mass is 789 g/mol. The van der Waals surface area contributed by atoms with Gasteiger partial charge in [0.05, 0.1) is 26.4 Å². The predicted octanol–water partition coefficient (Wildman–Crippen LogP) is 8.95. The fraction of sp³-hybridized carbons (Fsp3) is 0.227. The lowest BCUT2D eigenvalue weighted by Gasteiger charge is -2.19. The quantitative estimate of drug-likeness (QED) is 0.0578. The normalized spacial score (nSPS) is 14.1. The Morgan fingerprint density at radius 2 is 1.64 bits per heavy atom. The van der Waals surface area contributed by atoms with Crippen LogP contribution in [0.2, 0.25) is 0 Å². The van der Waals surface area contributed by atoms with Gasteiger partial charge in [-0.25, -0.2) is 4.79 Å². The fourth-order valence-electron chi connectivity index (χ4n) is 6.35. The number of methoxy groups -OCH3 is 2. The second-order valence-electron chi connectivity index (χ2n) is 13.1. The van der Waals surface area contributed by atoms with Crippen molar-refractivity contribution >= 4 is 63.6 Å². The maximum atomic E-state index is 14.3. The lowest BCUT2D eigenvalue weighted by molar-refractivity contribution is -0.116. The topological polar surface area (TPSA) is 132 Å². The van der Waals surface area contributed by atoms with Crippen molar-refractivity contribution in [2.24, 2.45) is 5.92 Å². The van der Waals surface area contributed by atoms with Gasteiger partial charge >= 0.3 is 5.97 Å². The minimum absolute atomic E-state index is 0.0210. The summed E-state index contributed by atoms with van der Waals surface area (Å²) >= 11 is 2.76. The van der Waals surface area contributed by atoms with E-state index in [1.54, 1.807) is 80.8 Å². The van der Waals surface area contributed by atoms with Crippen molar-refractivity contribution in [3.63, 3.8) is 0 Å². The summed E-state index contributed by atoms with van der Waals surface area (Å²) in [6.07, 6.45) is 4.10. The summed E-state index contributed by atoms with van der Waals surface area (Å²) in [7, 11) is 3.05. The highest BCUT2D eigenvalue weighted by Crippen LogP contribution is 2.42. The summed E-state index contributed by atoms with van der Waals surface area (Å²) in [6, 6.07) is 30.3. The molecule has 0 spiro atoms. The number of hydrogen-bond donors (Lipinski definition) is 3. The molecule has 1 heterocycles. The van der Waals surface area contributed by atoms with Crippen LogP contribution in [-0.4, -0.2) is 44.5 Å². The van der Waals surface area contributed by atoms with Crippen LogP contribution in [0.1, 0.15) is 67.8 Å². The molecule has 1 aliphatic carbocycles. The second-order valence-corrected chi connectivity index (χ2v) is 15.4. The number of thioether (sulfide) groups is 1. The Morgan fingerprint density at radius 1 is 0.893 bits per heavy atom. The number of benzene rings is 4. The third-order valence-corrected chi connectivity index (χ3v) is 11.6. The molecule has 2 atom stereocenters. The van der Waals surface area contributed by atoms with E-state index in [-0.39, 0.29) is 18.2 Å². The van der Waals surface area contributed by atoms with E-state index in [0.717, 1.165) is 35.3 Å². The lowest BCUT2D eigenvalue weighted by atomic mass is 9.88. The largest absolute Gasteiger partial charge is 0.497 e. The Hall–Kier alpha value is -5.85. The van der Waals surface area contributed by atoms with Crippen LogP contribution in [0, 0.1) is 5.92 Å². The van der Waals surface area contributed by atoms with Gasteiger partial charge in [-0.3, -0.25) is 14.4 Å². The Kier molecular flexibility index (Phi) is 13.3. The van der Waals surface area contributed by atoms with Gasteiger partial charge in [-0.05, 0) is 91.8 Å². The Labute approximate surface area is 334 Å². The number of carbonyl (C=O) groups excluding carboxylic acids is 4. The molecule has 6 rings (SSSR count). The number of anilines is 2. The molecule has 3 amide bonds. The van der Waals surface area contributed by atoms with Crippen LogP contribution in [-0.2, 0) is 27.2 Å². The molecule has 56 heavy (non-hydrogen) atoms. The van der Waals surface area contributed by atoms with Crippen LogP contribution in [0.4, 0.5) is 10.7 Å². The molecule has 1 aliphatic rings. The van der Waals surface area contributed by atoms with E-state index in [1.807, 2.05) is 36.4 Å². The van der Waals surface area contributed by atoms with E-state index < -0.39 is 23.0 Å². The Morgan fingerprint density at radius 3 is 2.36 bits per heavy atom. The molecule has 2 unspecified atom stereocenters. The van der Waals surface area contributed by atoms with Crippen LogP contribution in [0.5, 0.6) is 11.5 Å². The van der Waals surface area contributed by atoms with Crippen molar-refractivity contribution in [3.05, 3.63) is 142 Å². The smallest absolute Gasteiger partial charge is 0.341 e. The standard InChI is InChI=1S/C44H43N3O7S2/c1-5-54-44(51)38-34-22-19-27(2)23-37(34)56-43(38)47-42(50)39(28-13-8-6-9-14-28)55-33-18-12-17-31(25-33)45-41(49)35(46-40(48)29-15-10-7-11-16-29)24-30-20-21-32(52-3)26-36(30)53-4/h6-18,20-21,24-27,39H,5,19,22-23H2,1-4H3,(H,45,49)(H,46,48)(H,47,50)/b35-24+. The van der Waals surface area contributed by atoms with Gasteiger partial charge in [-0.1, -0.05) is 61.5 Å². The molecular weight excluding hydrogens is 747 g/mol. The van der Waals surface area contributed by atoms with Gasteiger partial charge in [0.2, 0.25) is 5.91 Å². The van der Waals surface area contributed by atoms with Crippen molar-refractivity contribution < 1.29 is 33.4 Å². The number of ether oxygens (including phenoxy) is 3. The molecular formula is C44H43N3O7S2. The highest BCUT2D eigenvalue weighted by molar-refractivity contribution is 8.00. The van der Waals surface area contributed by atoms with Crippen molar-refractivity contribution in [3.8, 4) is 11.5 Å². The molecule has 0 aliphatic heterocycles. The summed E-state index contributed by atoms with van der Waals surface area (Å²) in [4.78, 5) is 56.5. The predicted molar refractivity (Wildman–Crippen MR) is 222 cm³/mol. The SMILES string of the molecule is CCOC(=O)c1c(NC(=O)C(Sc2cccc(NC(=O)/C(=C\c3ccc(OC)cc3OC)NC(=O)c3ccccc3)c2)c2ccccc2)sc2c1CCC(C)C2.